The predicted octanol–water partition coefficient (Wildman–Crippen LogP) is 1.88. The Bertz CT molecular complexity index is 759. The highest BCUT2D eigenvalue weighted by atomic mass is 16.2. The third-order valence-corrected chi connectivity index (χ3v) is 3.16. The minimum absolute atomic E-state index is 0.376. The second kappa shape index (κ2) is 6.01. The monoisotopic (exact) mass is 294 g/mol. The molecule has 0 spiro atoms. The van der Waals surface area contributed by atoms with E-state index in [4.69, 9.17) is 0 Å². The van der Waals surface area contributed by atoms with Crippen LogP contribution in [0.4, 0.5) is 0 Å². The molecule has 0 saturated heterocycles. The Hall–Kier alpha value is -3.28. The van der Waals surface area contributed by atoms with Gasteiger partial charge in [0.05, 0.1) is 0 Å². The minimum atomic E-state index is -0.401. The van der Waals surface area contributed by atoms with Crippen LogP contribution in [-0.4, -0.2) is 21.4 Å². The molecule has 6 nitrogen and oxygen atoms in total. The lowest BCUT2D eigenvalue weighted by Gasteiger charge is -2.07. The molecule has 0 unspecified atom stereocenters. The number of nitrogens with zero attached hydrogens (tertiary/aromatic N) is 1. The number of amides is 2. The summed E-state index contributed by atoms with van der Waals surface area (Å²) in [5, 5.41) is 0. The van der Waals surface area contributed by atoms with Crippen LogP contribution in [0.1, 0.15) is 20.8 Å². The van der Waals surface area contributed by atoms with Crippen molar-refractivity contribution in [2.75, 3.05) is 0 Å². The average Bonchev–Trinajstić information content (AvgIpc) is 3.25. The van der Waals surface area contributed by atoms with Crippen LogP contribution in [-0.2, 0) is 0 Å². The van der Waals surface area contributed by atoms with E-state index in [0.29, 0.717) is 11.3 Å². The second-order valence-corrected chi connectivity index (χ2v) is 4.63. The topological polar surface area (TPSA) is 78.9 Å². The molecule has 0 radical (unpaired) electrons. The maximum absolute atomic E-state index is 12.0. The van der Waals surface area contributed by atoms with Crippen molar-refractivity contribution in [1.82, 2.24) is 20.4 Å². The number of benzene rings is 1. The summed E-state index contributed by atoms with van der Waals surface area (Å²) in [7, 11) is 0. The van der Waals surface area contributed by atoms with Gasteiger partial charge in [-0.15, -0.1) is 0 Å². The molecule has 3 aromatic rings. The van der Waals surface area contributed by atoms with Gasteiger partial charge in [-0.3, -0.25) is 20.4 Å². The summed E-state index contributed by atoms with van der Waals surface area (Å²) >= 11 is 0. The Morgan fingerprint density at radius 3 is 2.18 bits per heavy atom. The zero-order valence-electron chi connectivity index (χ0n) is 11.6. The molecule has 22 heavy (non-hydrogen) atoms. The van der Waals surface area contributed by atoms with Crippen LogP contribution >= 0.6 is 0 Å². The first-order valence-corrected chi connectivity index (χ1v) is 6.71. The van der Waals surface area contributed by atoms with Gasteiger partial charge in [0.1, 0.15) is 5.69 Å². The summed E-state index contributed by atoms with van der Waals surface area (Å²) < 4.78 is 1.94. The van der Waals surface area contributed by atoms with Crippen LogP contribution in [0, 0.1) is 0 Å². The van der Waals surface area contributed by atoms with Gasteiger partial charge in [0.2, 0.25) is 0 Å². The molecule has 2 heterocycles. The average molecular weight is 294 g/mol. The van der Waals surface area contributed by atoms with Gasteiger partial charge >= 0.3 is 0 Å². The largest absolute Gasteiger partial charge is 0.357 e. The molecule has 2 amide bonds. The molecule has 110 valence electrons. The quantitative estimate of drug-likeness (QED) is 0.645. The van der Waals surface area contributed by atoms with Crippen LogP contribution in [0.3, 0.4) is 0 Å². The third-order valence-electron chi connectivity index (χ3n) is 3.16. The number of nitrogens with one attached hydrogen (secondary N) is 3. The van der Waals surface area contributed by atoms with E-state index < -0.39 is 5.91 Å². The minimum Gasteiger partial charge on any atom is -0.357 e. The van der Waals surface area contributed by atoms with Gasteiger partial charge in [0, 0.05) is 29.8 Å². The number of H-pyrrole nitrogens is 1. The molecule has 0 bridgehead atoms. The Morgan fingerprint density at radius 1 is 0.864 bits per heavy atom. The standard InChI is InChI=1S/C16H14N4O2/c21-15(18-19-16(22)14-4-3-9-17-14)12-5-7-13(8-6-12)20-10-1-2-11-20/h1-11,17H,(H,18,21)(H,19,22). The van der Waals surface area contributed by atoms with Gasteiger partial charge in [-0.1, -0.05) is 0 Å². The van der Waals surface area contributed by atoms with E-state index in [9.17, 15) is 9.59 Å². The number of hydrogen-bond donors (Lipinski definition) is 3. The zero-order chi connectivity index (χ0) is 15.4. The van der Waals surface area contributed by atoms with Gasteiger partial charge in [-0.05, 0) is 48.5 Å². The number of hydrazine groups is 1. The van der Waals surface area contributed by atoms with E-state index >= 15 is 0 Å². The molecule has 0 fully saturated rings. The number of hydrogen-bond acceptors (Lipinski definition) is 2. The molecule has 0 aliphatic heterocycles. The number of aromatic amines is 1. The van der Waals surface area contributed by atoms with Gasteiger partial charge in [0.15, 0.2) is 0 Å². The molecule has 6 heteroatoms. The lowest BCUT2D eigenvalue weighted by Crippen LogP contribution is -2.41. The van der Waals surface area contributed by atoms with Crippen LogP contribution in [0.5, 0.6) is 0 Å². The molecular weight excluding hydrogens is 280 g/mol. The summed E-state index contributed by atoms with van der Waals surface area (Å²) in [5.74, 6) is -0.777. The summed E-state index contributed by atoms with van der Waals surface area (Å²) in [6.45, 7) is 0. The van der Waals surface area contributed by atoms with Crippen molar-refractivity contribution in [1.29, 1.82) is 0 Å². The lowest BCUT2D eigenvalue weighted by molar-refractivity contribution is 0.0844. The number of carbonyl (C=O) groups is 2. The molecule has 0 atom stereocenters. The second-order valence-electron chi connectivity index (χ2n) is 4.63. The first-order chi connectivity index (χ1) is 10.7. The zero-order valence-corrected chi connectivity index (χ0v) is 11.6. The van der Waals surface area contributed by atoms with Crippen LogP contribution < -0.4 is 10.9 Å². The maximum Gasteiger partial charge on any atom is 0.286 e. The first-order valence-electron chi connectivity index (χ1n) is 6.71. The van der Waals surface area contributed by atoms with E-state index in [2.05, 4.69) is 15.8 Å². The summed E-state index contributed by atoms with van der Waals surface area (Å²) in [4.78, 5) is 26.4. The van der Waals surface area contributed by atoms with Gasteiger partial charge in [0.25, 0.3) is 11.8 Å². The van der Waals surface area contributed by atoms with E-state index in [1.54, 1.807) is 30.5 Å². The number of rotatable bonds is 3. The van der Waals surface area contributed by atoms with Crippen molar-refractivity contribution in [3.8, 4) is 5.69 Å². The third kappa shape index (κ3) is 2.90. The van der Waals surface area contributed by atoms with E-state index in [1.165, 1.54) is 0 Å². The van der Waals surface area contributed by atoms with E-state index in [-0.39, 0.29) is 5.91 Å². The molecule has 0 aliphatic rings. The first kappa shape index (κ1) is 13.7. The molecule has 0 saturated carbocycles. The normalized spacial score (nSPS) is 10.2. The van der Waals surface area contributed by atoms with Crippen molar-refractivity contribution in [3.63, 3.8) is 0 Å². The highest BCUT2D eigenvalue weighted by molar-refractivity contribution is 5.98. The van der Waals surface area contributed by atoms with Crippen LogP contribution in [0.25, 0.3) is 5.69 Å². The maximum atomic E-state index is 12.0. The molecule has 3 N–H and O–H groups in total. The fraction of sp³-hybridized carbons (Fsp3) is 0. The molecular formula is C16H14N4O2. The lowest BCUT2D eigenvalue weighted by atomic mass is 10.2. The fourth-order valence-corrected chi connectivity index (χ4v) is 2.02. The Kier molecular flexibility index (Phi) is 3.74. The van der Waals surface area contributed by atoms with Crippen molar-refractivity contribution in [2.24, 2.45) is 0 Å². The Balaban J connectivity index is 1.62. The highest BCUT2D eigenvalue weighted by Gasteiger charge is 2.09. The Labute approximate surface area is 126 Å². The molecule has 3 rings (SSSR count). The summed E-state index contributed by atoms with van der Waals surface area (Å²) in [5.41, 5.74) is 6.52. The van der Waals surface area contributed by atoms with Crippen LogP contribution in [0.2, 0.25) is 0 Å². The van der Waals surface area contributed by atoms with Crippen molar-refractivity contribution >= 4 is 11.8 Å². The van der Waals surface area contributed by atoms with Crippen LogP contribution in [0.15, 0.2) is 67.1 Å². The van der Waals surface area contributed by atoms with E-state index in [0.717, 1.165) is 5.69 Å². The van der Waals surface area contributed by atoms with E-state index in [1.807, 2.05) is 41.2 Å². The van der Waals surface area contributed by atoms with Crippen molar-refractivity contribution in [3.05, 3.63) is 78.4 Å². The summed E-state index contributed by atoms with van der Waals surface area (Å²) in [6.07, 6.45) is 5.48. The number of aromatic nitrogens is 2. The highest BCUT2D eigenvalue weighted by Crippen LogP contribution is 2.09. The number of carbonyl (C=O) groups excluding carboxylic acids is 2. The van der Waals surface area contributed by atoms with Gasteiger partial charge in [-0.25, -0.2) is 0 Å². The fourth-order valence-electron chi connectivity index (χ4n) is 2.02. The van der Waals surface area contributed by atoms with Gasteiger partial charge < -0.3 is 9.55 Å². The SMILES string of the molecule is O=C(NNC(=O)c1ccc[nH]1)c1ccc(-n2cccc2)cc1. The van der Waals surface area contributed by atoms with Crippen molar-refractivity contribution < 1.29 is 9.59 Å². The van der Waals surface area contributed by atoms with Gasteiger partial charge in [-0.2, -0.15) is 0 Å². The smallest absolute Gasteiger partial charge is 0.286 e. The summed E-state index contributed by atoms with van der Waals surface area (Å²) in [6, 6.07) is 14.2. The van der Waals surface area contributed by atoms with Crippen molar-refractivity contribution in [2.45, 2.75) is 0 Å². The Morgan fingerprint density at radius 2 is 1.55 bits per heavy atom. The molecule has 1 aromatic carbocycles. The predicted molar refractivity (Wildman–Crippen MR) is 81.5 cm³/mol. The molecule has 2 aromatic heterocycles. The molecule has 0 aliphatic carbocycles.